The van der Waals surface area contributed by atoms with Gasteiger partial charge in [-0.2, -0.15) is 0 Å². The molecule has 1 atom stereocenters. The zero-order valence-electron chi connectivity index (χ0n) is 11.0. The van der Waals surface area contributed by atoms with Gasteiger partial charge in [0.1, 0.15) is 0 Å². The molecule has 100 valence electrons. The summed E-state index contributed by atoms with van der Waals surface area (Å²) < 4.78 is 10.4. The highest BCUT2D eigenvalue weighted by molar-refractivity contribution is 5.78. The summed E-state index contributed by atoms with van der Waals surface area (Å²) >= 11 is 0. The van der Waals surface area contributed by atoms with Crippen molar-refractivity contribution in [2.45, 2.75) is 6.42 Å². The number of benzene rings is 1. The lowest BCUT2D eigenvalue weighted by Gasteiger charge is -2.14. The van der Waals surface area contributed by atoms with Crippen molar-refractivity contribution in [3.63, 3.8) is 0 Å². The van der Waals surface area contributed by atoms with E-state index in [1.807, 2.05) is 18.2 Å². The van der Waals surface area contributed by atoms with E-state index in [1.165, 1.54) is 0 Å². The Bertz CT molecular complexity index is 407. The molecule has 0 aliphatic rings. The monoisotopic (exact) mass is 252 g/mol. The van der Waals surface area contributed by atoms with Crippen LogP contribution in [0.5, 0.6) is 11.5 Å². The first-order valence-electron chi connectivity index (χ1n) is 5.78. The highest BCUT2D eigenvalue weighted by Gasteiger charge is 2.16. The van der Waals surface area contributed by atoms with Crippen LogP contribution in [-0.4, -0.2) is 33.7 Å². The second-order valence-corrected chi connectivity index (χ2v) is 3.94. The predicted octanol–water partition coefficient (Wildman–Crippen LogP) is 0.567. The molecule has 0 saturated heterocycles. The van der Waals surface area contributed by atoms with Crippen molar-refractivity contribution in [2.24, 2.45) is 11.7 Å². The Kier molecular flexibility index (Phi) is 5.45. The number of carbonyl (C=O) groups excluding carboxylic acids is 1. The van der Waals surface area contributed by atoms with E-state index in [0.717, 1.165) is 5.56 Å². The first-order chi connectivity index (χ1) is 8.65. The Morgan fingerprint density at radius 3 is 2.50 bits per heavy atom. The summed E-state index contributed by atoms with van der Waals surface area (Å²) in [6.45, 7) is 0.314. The lowest BCUT2D eigenvalue weighted by molar-refractivity contribution is -0.124. The third-order valence-corrected chi connectivity index (χ3v) is 2.83. The van der Waals surface area contributed by atoms with Crippen molar-refractivity contribution in [1.29, 1.82) is 0 Å². The molecular weight excluding hydrogens is 232 g/mol. The SMILES string of the molecule is CNC(=O)C(CN)Cc1ccc(OC)c(OC)c1. The van der Waals surface area contributed by atoms with Gasteiger partial charge >= 0.3 is 0 Å². The number of ether oxygens (including phenoxy) is 2. The van der Waals surface area contributed by atoms with Crippen LogP contribution >= 0.6 is 0 Å². The van der Waals surface area contributed by atoms with E-state index < -0.39 is 0 Å². The van der Waals surface area contributed by atoms with Crippen molar-refractivity contribution >= 4 is 5.91 Å². The highest BCUT2D eigenvalue weighted by Crippen LogP contribution is 2.28. The van der Waals surface area contributed by atoms with Crippen LogP contribution < -0.4 is 20.5 Å². The largest absolute Gasteiger partial charge is 0.493 e. The maximum atomic E-state index is 11.6. The maximum Gasteiger partial charge on any atom is 0.224 e. The summed E-state index contributed by atoms with van der Waals surface area (Å²) in [5.74, 6) is 1.05. The second kappa shape index (κ2) is 6.86. The average molecular weight is 252 g/mol. The average Bonchev–Trinajstić information content (AvgIpc) is 2.43. The highest BCUT2D eigenvalue weighted by atomic mass is 16.5. The standard InChI is InChI=1S/C13H20N2O3/c1-15-13(16)10(8-14)6-9-4-5-11(17-2)12(7-9)18-3/h4-5,7,10H,6,8,14H2,1-3H3,(H,15,16). The molecule has 5 heteroatoms. The Balaban J connectivity index is 2.87. The fourth-order valence-electron chi connectivity index (χ4n) is 1.78. The number of amides is 1. The zero-order chi connectivity index (χ0) is 13.5. The van der Waals surface area contributed by atoms with Gasteiger partial charge in [0.05, 0.1) is 20.1 Å². The summed E-state index contributed by atoms with van der Waals surface area (Å²) in [6, 6.07) is 5.60. The van der Waals surface area contributed by atoms with Crippen LogP contribution in [0.15, 0.2) is 18.2 Å². The van der Waals surface area contributed by atoms with Gasteiger partial charge in [-0.3, -0.25) is 4.79 Å². The van der Waals surface area contributed by atoms with E-state index in [9.17, 15) is 4.79 Å². The normalized spacial score (nSPS) is 11.8. The fourth-order valence-corrected chi connectivity index (χ4v) is 1.78. The Morgan fingerprint density at radius 2 is 2.00 bits per heavy atom. The van der Waals surface area contributed by atoms with E-state index in [4.69, 9.17) is 15.2 Å². The molecule has 1 amide bonds. The molecule has 18 heavy (non-hydrogen) atoms. The fraction of sp³-hybridized carbons (Fsp3) is 0.462. The van der Waals surface area contributed by atoms with Crippen LogP contribution in [0.25, 0.3) is 0 Å². The first-order valence-corrected chi connectivity index (χ1v) is 5.78. The van der Waals surface area contributed by atoms with Gasteiger partial charge in [0, 0.05) is 13.6 Å². The van der Waals surface area contributed by atoms with Gasteiger partial charge in [-0.05, 0) is 24.1 Å². The topological polar surface area (TPSA) is 73.6 Å². The molecule has 5 nitrogen and oxygen atoms in total. The number of nitrogens with two attached hydrogens (primary N) is 1. The van der Waals surface area contributed by atoms with Crippen LogP contribution in [0, 0.1) is 5.92 Å². The Hall–Kier alpha value is -1.75. The Morgan fingerprint density at radius 1 is 1.33 bits per heavy atom. The predicted molar refractivity (Wildman–Crippen MR) is 69.9 cm³/mol. The van der Waals surface area contributed by atoms with Crippen LogP contribution in [0.1, 0.15) is 5.56 Å². The molecule has 0 fully saturated rings. The minimum Gasteiger partial charge on any atom is -0.493 e. The van der Waals surface area contributed by atoms with Gasteiger partial charge in [-0.1, -0.05) is 6.07 Å². The minimum absolute atomic E-state index is 0.0488. The molecule has 0 aliphatic carbocycles. The van der Waals surface area contributed by atoms with Crippen LogP contribution in [0.4, 0.5) is 0 Å². The second-order valence-electron chi connectivity index (χ2n) is 3.94. The summed E-state index contributed by atoms with van der Waals surface area (Å²) in [5.41, 5.74) is 6.60. The molecule has 3 N–H and O–H groups in total. The van der Waals surface area contributed by atoms with E-state index >= 15 is 0 Å². The lowest BCUT2D eigenvalue weighted by Crippen LogP contribution is -2.34. The summed E-state index contributed by atoms with van der Waals surface area (Å²) in [4.78, 5) is 11.6. The van der Waals surface area contributed by atoms with Gasteiger partial charge < -0.3 is 20.5 Å². The molecule has 0 aliphatic heterocycles. The molecular formula is C13H20N2O3. The van der Waals surface area contributed by atoms with Gasteiger partial charge in [0.25, 0.3) is 0 Å². The van der Waals surface area contributed by atoms with Gasteiger partial charge in [-0.15, -0.1) is 0 Å². The number of methoxy groups -OCH3 is 2. The lowest BCUT2D eigenvalue weighted by atomic mass is 9.98. The van der Waals surface area contributed by atoms with Crippen molar-refractivity contribution in [3.05, 3.63) is 23.8 Å². The van der Waals surface area contributed by atoms with Crippen LogP contribution in [-0.2, 0) is 11.2 Å². The van der Waals surface area contributed by atoms with Gasteiger partial charge in [0.15, 0.2) is 11.5 Å². The maximum absolute atomic E-state index is 11.6. The molecule has 0 heterocycles. The number of hydrogen-bond donors (Lipinski definition) is 2. The molecule has 1 rings (SSSR count). The van der Waals surface area contributed by atoms with Crippen molar-refractivity contribution < 1.29 is 14.3 Å². The van der Waals surface area contributed by atoms with E-state index in [1.54, 1.807) is 21.3 Å². The molecule has 1 aromatic carbocycles. The number of nitrogens with one attached hydrogen (secondary N) is 1. The van der Waals surface area contributed by atoms with Crippen LogP contribution in [0.2, 0.25) is 0 Å². The molecule has 0 spiro atoms. The Labute approximate surface area is 107 Å². The smallest absolute Gasteiger partial charge is 0.224 e. The van der Waals surface area contributed by atoms with Gasteiger partial charge in [0.2, 0.25) is 5.91 Å². The summed E-state index contributed by atoms with van der Waals surface area (Å²) in [7, 11) is 4.78. The summed E-state index contributed by atoms with van der Waals surface area (Å²) in [5, 5.41) is 2.61. The molecule has 0 bridgehead atoms. The minimum atomic E-state index is -0.229. The molecule has 0 aromatic heterocycles. The molecule has 0 saturated carbocycles. The quantitative estimate of drug-likeness (QED) is 0.776. The van der Waals surface area contributed by atoms with E-state index in [0.29, 0.717) is 24.5 Å². The zero-order valence-corrected chi connectivity index (χ0v) is 11.0. The van der Waals surface area contributed by atoms with Gasteiger partial charge in [-0.25, -0.2) is 0 Å². The molecule has 1 unspecified atom stereocenters. The first kappa shape index (κ1) is 14.3. The van der Waals surface area contributed by atoms with E-state index in [2.05, 4.69) is 5.32 Å². The van der Waals surface area contributed by atoms with Crippen molar-refractivity contribution in [3.8, 4) is 11.5 Å². The summed E-state index contributed by atoms with van der Waals surface area (Å²) in [6.07, 6.45) is 0.580. The number of rotatable bonds is 6. The molecule has 1 aromatic rings. The number of carbonyl (C=O) groups is 1. The number of hydrogen-bond acceptors (Lipinski definition) is 4. The third kappa shape index (κ3) is 3.37. The van der Waals surface area contributed by atoms with Crippen LogP contribution in [0.3, 0.4) is 0 Å². The third-order valence-electron chi connectivity index (χ3n) is 2.83. The molecule has 0 radical (unpaired) electrons. The van der Waals surface area contributed by atoms with Crippen molar-refractivity contribution in [1.82, 2.24) is 5.32 Å². The van der Waals surface area contributed by atoms with Crippen molar-refractivity contribution in [2.75, 3.05) is 27.8 Å². The van der Waals surface area contributed by atoms with E-state index in [-0.39, 0.29) is 11.8 Å².